The predicted octanol–water partition coefficient (Wildman–Crippen LogP) is 6.18. The van der Waals surface area contributed by atoms with Crippen molar-refractivity contribution >= 4 is 17.8 Å². The van der Waals surface area contributed by atoms with Crippen LogP contribution in [0.1, 0.15) is 67.4 Å². The van der Waals surface area contributed by atoms with Crippen LogP contribution in [0.3, 0.4) is 0 Å². The number of aliphatic carboxylic acids is 2. The Balaban J connectivity index is 1.43. The molecule has 0 aliphatic carbocycles. The van der Waals surface area contributed by atoms with E-state index in [1.807, 2.05) is 41.3 Å². The molecule has 0 atom stereocenters. The minimum atomic E-state index is -0.942. The van der Waals surface area contributed by atoms with Gasteiger partial charge in [0.2, 0.25) is 6.79 Å². The lowest BCUT2D eigenvalue weighted by Crippen LogP contribution is -2.43. The molecule has 0 saturated carbocycles. The molecule has 2 aliphatic rings. The van der Waals surface area contributed by atoms with Crippen molar-refractivity contribution in [2.45, 2.75) is 59.0 Å². The zero-order valence-corrected chi connectivity index (χ0v) is 25.7. The minimum absolute atomic E-state index is 0.0249. The highest BCUT2D eigenvalue weighted by Crippen LogP contribution is 2.38. The number of hydrogen-bond acceptors (Lipinski definition) is 7. The first kappa shape index (κ1) is 31.7. The summed E-state index contributed by atoms with van der Waals surface area (Å²) in [5, 5.41) is 18.3. The molecule has 1 amide bonds. The fraction of sp³-hybridized carbons (Fsp3) is 0.400. The molecule has 0 spiro atoms. The van der Waals surface area contributed by atoms with E-state index in [2.05, 4.69) is 13.8 Å². The third-order valence-electron chi connectivity index (χ3n) is 8.05. The normalized spacial score (nSPS) is 15.0. The standard InChI is InChI=1S/C35H39NO9/c1-35(2)13-5-14-36(21-35)34(41)26-16-25(23-9-11-30-31(19-23)45-22-44-30)17-27(18-26)43-20-24-6-3-7-29(28(24)10-12-33(39)40)42-15-4-8-32(37)38/h3,6-7,9,11,16-19H,4-5,8,10,12-15,20-22H2,1-2H3,(H,37,38)(H,39,40). The van der Waals surface area contributed by atoms with E-state index in [4.69, 9.17) is 24.1 Å². The average molecular weight is 618 g/mol. The Kier molecular flexibility index (Phi) is 9.80. The molecule has 10 nitrogen and oxygen atoms in total. The second-order valence-electron chi connectivity index (χ2n) is 12.2. The molecule has 45 heavy (non-hydrogen) atoms. The van der Waals surface area contributed by atoms with Crippen molar-refractivity contribution in [2.24, 2.45) is 5.41 Å². The van der Waals surface area contributed by atoms with Gasteiger partial charge in [0, 0.05) is 37.1 Å². The van der Waals surface area contributed by atoms with Gasteiger partial charge in [0.05, 0.1) is 6.61 Å². The molecule has 1 saturated heterocycles. The molecule has 2 heterocycles. The summed E-state index contributed by atoms with van der Waals surface area (Å²) in [4.78, 5) is 38.1. The number of carboxylic acid groups (broad SMARTS) is 2. The first-order valence-electron chi connectivity index (χ1n) is 15.2. The summed E-state index contributed by atoms with van der Waals surface area (Å²) in [6, 6.07) is 16.5. The van der Waals surface area contributed by atoms with Crippen molar-refractivity contribution in [3.05, 3.63) is 71.3 Å². The number of carbonyl (C=O) groups excluding carboxylic acids is 1. The topological polar surface area (TPSA) is 132 Å². The Bertz CT molecular complexity index is 1560. The van der Waals surface area contributed by atoms with Crippen molar-refractivity contribution in [1.82, 2.24) is 4.90 Å². The number of rotatable bonds is 13. The number of ether oxygens (including phenoxy) is 4. The number of nitrogens with zero attached hydrogens (tertiary/aromatic N) is 1. The fourth-order valence-electron chi connectivity index (χ4n) is 5.79. The molecule has 2 N–H and O–H groups in total. The molecule has 1 fully saturated rings. The monoisotopic (exact) mass is 617 g/mol. The lowest BCUT2D eigenvalue weighted by molar-refractivity contribution is -0.138. The minimum Gasteiger partial charge on any atom is -0.493 e. The third kappa shape index (κ3) is 8.26. The zero-order chi connectivity index (χ0) is 32.0. The molecular weight excluding hydrogens is 578 g/mol. The Hall–Kier alpha value is -4.73. The number of amides is 1. The van der Waals surface area contributed by atoms with E-state index in [0.717, 1.165) is 29.5 Å². The largest absolute Gasteiger partial charge is 0.493 e. The van der Waals surface area contributed by atoms with Crippen LogP contribution in [-0.2, 0) is 22.6 Å². The van der Waals surface area contributed by atoms with Crippen LogP contribution in [0.5, 0.6) is 23.0 Å². The molecule has 0 radical (unpaired) electrons. The molecule has 3 aromatic carbocycles. The quantitative estimate of drug-likeness (QED) is 0.216. The molecule has 0 unspecified atom stereocenters. The number of carbonyl (C=O) groups is 3. The number of likely N-dealkylation sites (tertiary alicyclic amines) is 1. The Morgan fingerprint density at radius 1 is 0.911 bits per heavy atom. The average Bonchev–Trinajstić information content (AvgIpc) is 3.48. The van der Waals surface area contributed by atoms with E-state index in [9.17, 15) is 19.5 Å². The third-order valence-corrected chi connectivity index (χ3v) is 8.05. The van der Waals surface area contributed by atoms with Gasteiger partial charge >= 0.3 is 11.9 Å². The van der Waals surface area contributed by atoms with Crippen LogP contribution >= 0.6 is 0 Å². The smallest absolute Gasteiger partial charge is 0.303 e. The SMILES string of the molecule is CC1(C)CCCN(C(=O)c2cc(OCc3cccc(OCCCC(=O)O)c3CCC(=O)O)cc(-c3ccc4c(c3)OCO4)c2)C1. The van der Waals surface area contributed by atoms with E-state index in [1.165, 1.54) is 0 Å². The van der Waals surface area contributed by atoms with Gasteiger partial charge in [-0.05, 0) is 84.2 Å². The number of hydrogen-bond donors (Lipinski definition) is 2. The van der Waals surface area contributed by atoms with E-state index in [1.54, 1.807) is 18.2 Å². The highest BCUT2D eigenvalue weighted by molar-refractivity contribution is 5.96. The number of benzene rings is 3. The van der Waals surface area contributed by atoms with Crippen LogP contribution in [0.4, 0.5) is 0 Å². The van der Waals surface area contributed by atoms with Gasteiger partial charge in [-0.2, -0.15) is 0 Å². The van der Waals surface area contributed by atoms with Crippen molar-refractivity contribution in [3.63, 3.8) is 0 Å². The van der Waals surface area contributed by atoms with Crippen molar-refractivity contribution < 1.29 is 43.5 Å². The van der Waals surface area contributed by atoms with Gasteiger partial charge in [0.15, 0.2) is 11.5 Å². The molecular formula is C35H39NO9. The molecule has 2 aliphatic heterocycles. The Morgan fingerprint density at radius 3 is 2.49 bits per heavy atom. The maximum Gasteiger partial charge on any atom is 0.303 e. The van der Waals surface area contributed by atoms with Crippen LogP contribution < -0.4 is 18.9 Å². The highest BCUT2D eigenvalue weighted by atomic mass is 16.7. The summed E-state index contributed by atoms with van der Waals surface area (Å²) in [6.45, 7) is 6.17. The summed E-state index contributed by atoms with van der Waals surface area (Å²) >= 11 is 0. The van der Waals surface area contributed by atoms with Crippen molar-refractivity contribution in [2.75, 3.05) is 26.5 Å². The maximum absolute atomic E-state index is 13.8. The second kappa shape index (κ2) is 13.9. The van der Waals surface area contributed by atoms with Crippen LogP contribution in [0.15, 0.2) is 54.6 Å². The second-order valence-corrected chi connectivity index (χ2v) is 12.2. The van der Waals surface area contributed by atoms with E-state index < -0.39 is 11.9 Å². The van der Waals surface area contributed by atoms with Gasteiger partial charge in [-0.15, -0.1) is 0 Å². The van der Waals surface area contributed by atoms with Crippen LogP contribution in [0.2, 0.25) is 0 Å². The van der Waals surface area contributed by atoms with Crippen molar-refractivity contribution in [1.29, 1.82) is 0 Å². The maximum atomic E-state index is 13.8. The van der Waals surface area contributed by atoms with E-state index in [0.29, 0.717) is 53.6 Å². The molecule has 0 aromatic heterocycles. The van der Waals surface area contributed by atoms with Gasteiger partial charge in [-0.25, -0.2) is 0 Å². The summed E-state index contributed by atoms with van der Waals surface area (Å²) < 4.78 is 23.3. The first-order valence-corrected chi connectivity index (χ1v) is 15.2. The summed E-state index contributed by atoms with van der Waals surface area (Å²) in [5.74, 6) is 0.376. The molecule has 3 aromatic rings. The molecule has 5 rings (SSSR count). The Labute approximate surface area is 262 Å². The number of fused-ring (bicyclic) bond motifs is 1. The van der Waals surface area contributed by atoms with Crippen LogP contribution in [-0.4, -0.2) is 59.4 Å². The van der Waals surface area contributed by atoms with Crippen LogP contribution in [0, 0.1) is 5.41 Å². The molecule has 10 heteroatoms. The lowest BCUT2D eigenvalue weighted by Gasteiger charge is -2.38. The highest BCUT2D eigenvalue weighted by Gasteiger charge is 2.30. The van der Waals surface area contributed by atoms with Gasteiger partial charge in [-0.3, -0.25) is 14.4 Å². The molecule has 238 valence electrons. The zero-order valence-electron chi connectivity index (χ0n) is 25.7. The van der Waals surface area contributed by atoms with E-state index in [-0.39, 0.29) is 50.6 Å². The van der Waals surface area contributed by atoms with E-state index >= 15 is 0 Å². The van der Waals surface area contributed by atoms with Crippen LogP contribution in [0.25, 0.3) is 11.1 Å². The fourth-order valence-corrected chi connectivity index (χ4v) is 5.79. The van der Waals surface area contributed by atoms with Gasteiger partial charge in [-0.1, -0.05) is 32.0 Å². The summed E-state index contributed by atoms with van der Waals surface area (Å²) in [5.41, 5.74) is 3.61. The predicted molar refractivity (Wildman–Crippen MR) is 166 cm³/mol. The first-order chi connectivity index (χ1) is 21.6. The summed E-state index contributed by atoms with van der Waals surface area (Å²) in [6.07, 6.45) is 2.42. The van der Waals surface area contributed by atoms with Gasteiger partial charge in [0.1, 0.15) is 18.1 Å². The molecule has 0 bridgehead atoms. The summed E-state index contributed by atoms with van der Waals surface area (Å²) in [7, 11) is 0. The Morgan fingerprint density at radius 2 is 1.71 bits per heavy atom. The number of carboxylic acids is 2. The lowest BCUT2D eigenvalue weighted by atomic mass is 9.84. The number of piperidine rings is 1. The van der Waals surface area contributed by atoms with Gasteiger partial charge in [0.25, 0.3) is 5.91 Å². The van der Waals surface area contributed by atoms with Gasteiger partial charge < -0.3 is 34.1 Å². The van der Waals surface area contributed by atoms with Crippen molar-refractivity contribution in [3.8, 4) is 34.1 Å².